The van der Waals surface area contributed by atoms with Gasteiger partial charge in [0.1, 0.15) is 0 Å². The van der Waals surface area contributed by atoms with E-state index in [2.05, 4.69) is 0 Å². The van der Waals surface area contributed by atoms with Crippen molar-refractivity contribution in [2.45, 2.75) is 32.3 Å². The van der Waals surface area contributed by atoms with Gasteiger partial charge >= 0.3 is 0 Å². The highest BCUT2D eigenvalue weighted by molar-refractivity contribution is 7.88. The van der Waals surface area contributed by atoms with Crippen molar-refractivity contribution in [3.63, 3.8) is 0 Å². The molecular weight excluding hydrogens is 404 g/mol. The van der Waals surface area contributed by atoms with Crippen molar-refractivity contribution < 1.29 is 22.8 Å². The van der Waals surface area contributed by atoms with Crippen molar-refractivity contribution in [1.82, 2.24) is 9.37 Å². The molecule has 0 atom stereocenters. The monoisotopic (exact) mass is 430 g/mol. The van der Waals surface area contributed by atoms with Crippen LogP contribution in [0, 0.1) is 0 Å². The maximum absolute atomic E-state index is 12.3. The molecule has 1 heterocycles. The molecule has 2 aromatic rings. The van der Waals surface area contributed by atoms with E-state index in [4.69, 9.17) is 4.84 Å². The molecule has 2 amide bonds. The van der Waals surface area contributed by atoms with E-state index in [1.54, 1.807) is 24.3 Å². The van der Waals surface area contributed by atoms with Crippen LogP contribution in [0.2, 0.25) is 0 Å². The summed E-state index contributed by atoms with van der Waals surface area (Å²) in [4.78, 5) is 31.4. The van der Waals surface area contributed by atoms with Crippen LogP contribution in [0.5, 0.6) is 0 Å². The molecule has 2 aromatic carbocycles. The quantitative estimate of drug-likeness (QED) is 0.310. The summed E-state index contributed by atoms with van der Waals surface area (Å²) in [5.74, 6) is -0.485. The molecule has 1 aliphatic heterocycles. The number of amides is 2. The van der Waals surface area contributed by atoms with Crippen LogP contribution in [0.15, 0.2) is 54.6 Å². The molecule has 0 spiro atoms. The molecule has 0 radical (unpaired) electrons. The number of nitrogens with zero attached hydrogens (tertiary/aromatic N) is 2. The SMILES string of the molecule is CS(=O)(=O)N(CCCCCCN1C(=O)c2ccccc2C1=O)OCc1ccccc1. The predicted molar refractivity (Wildman–Crippen MR) is 113 cm³/mol. The van der Waals surface area contributed by atoms with Gasteiger partial charge in [-0.05, 0) is 30.5 Å². The molecule has 0 bridgehead atoms. The van der Waals surface area contributed by atoms with Crippen LogP contribution in [-0.4, -0.2) is 48.9 Å². The van der Waals surface area contributed by atoms with Gasteiger partial charge in [-0.2, -0.15) is 0 Å². The summed E-state index contributed by atoms with van der Waals surface area (Å²) in [6.07, 6.45) is 3.98. The highest BCUT2D eigenvalue weighted by Gasteiger charge is 2.34. The number of imide groups is 1. The molecule has 0 unspecified atom stereocenters. The average molecular weight is 431 g/mol. The van der Waals surface area contributed by atoms with Crippen molar-refractivity contribution in [2.75, 3.05) is 19.3 Å². The Bertz CT molecular complexity index is 957. The first-order valence-electron chi connectivity index (χ1n) is 9.97. The molecule has 7 nitrogen and oxygen atoms in total. The number of carbonyl (C=O) groups excluding carboxylic acids is 2. The number of rotatable bonds is 11. The minimum atomic E-state index is -3.47. The van der Waals surface area contributed by atoms with E-state index < -0.39 is 10.0 Å². The Kier molecular flexibility index (Phi) is 7.36. The Hall–Kier alpha value is -2.55. The lowest BCUT2D eigenvalue weighted by Crippen LogP contribution is -2.31. The number of sulfonamides is 1. The lowest BCUT2D eigenvalue weighted by atomic mass is 10.1. The zero-order chi connectivity index (χ0) is 21.6. The van der Waals surface area contributed by atoms with Gasteiger partial charge in [-0.3, -0.25) is 19.3 Å². The average Bonchev–Trinajstić information content (AvgIpc) is 2.97. The van der Waals surface area contributed by atoms with E-state index in [0.29, 0.717) is 30.5 Å². The summed E-state index contributed by atoms with van der Waals surface area (Å²) in [5, 5.41) is 0. The molecule has 3 rings (SSSR count). The number of hydrogen-bond donors (Lipinski definition) is 0. The molecule has 0 N–H and O–H groups in total. The third-order valence-electron chi connectivity index (χ3n) is 4.94. The summed E-state index contributed by atoms with van der Waals surface area (Å²) in [6, 6.07) is 16.2. The zero-order valence-corrected chi connectivity index (χ0v) is 17.8. The van der Waals surface area contributed by atoms with E-state index >= 15 is 0 Å². The highest BCUT2D eigenvalue weighted by atomic mass is 32.2. The zero-order valence-electron chi connectivity index (χ0n) is 17.0. The van der Waals surface area contributed by atoms with Gasteiger partial charge in [0.25, 0.3) is 11.8 Å². The van der Waals surface area contributed by atoms with Crippen LogP contribution < -0.4 is 0 Å². The number of hydrogen-bond acceptors (Lipinski definition) is 5. The number of hydroxylamine groups is 1. The van der Waals surface area contributed by atoms with Gasteiger partial charge in [0.05, 0.1) is 24.0 Å². The molecule has 0 saturated heterocycles. The topological polar surface area (TPSA) is 84.0 Å². The largest absolute Gasteiger partial charge is 0.280 e. The third kappa shape index (κ3) is 5.53. The summed E-state index contributed by atoms with van der Waals surface area (Å²) < 4.78 is 24.9. The lowest BCUT2D eigenvalue weighted by Gasteiger charge is -2.19. The summed E-state index contributed by atoms with van der Waals surface area (Å²) >= 11 is 0. The van der Waals surface area contributed by atoms with Crippen molar-refractivity contribution >= 4 is 21.8 Å². The highest BCUT2D eigenvalue weighted by Crippen LogP contribution is 2.22. The van der Waals surface area contributed by atoms with Crippen molar-refractivity contribution in [1.29, 1.82) is 0 Å². The summed E-state index contributed by atoms with van der Waals surface area (Å²) in [6.45, 7) is 0.818. The molecule has 8 heteroatoms. The molecule has 0 aromatic heterocycles. The number of carbonyl (C=O) groups is 2. The van der Waals surface area contributed by atoms with Gasteiger partial charge in [0, 0.05) is 13.1 Å². The van der Waals surface area contributed by atoms with Crippen LogP contribution >= 0.6 is 0 Å². The van der Waals surface area contributed by atoms with Gasteiger partial charge < -0.3 is 0 Å². The molecule has 160 valence electrons. The molecule has 0 fully saturated rings. The van der Waals surface area contributed by atoms with E-state index in [1.165, 1.54) is 4.90 Å². The summed E-state index contributed by atoms with van der Waals surface area (Å²) in [5.41, 5.74) is 1.82. The first-order valence-corrected chi connectivity index (χ1v) is 11.8. The third-order valence-corrected chi connectivity index (χ3v) is 5.97. The molecule has 0 saturated carbocycles. The first kappa shape index (κ1) is 22.1. The number of benzene rings is 2. The first-order chi connectivity index (χ1) is 14.4. The number of fused-ring (bicyclic) bond motifs is 1. The van der Waals surface area contributed by atoms with Crippen LogP contribution in [-0.2, 0) is 21.5 Å². The fourth-order valence-corrected chi connectivity index (χ4v) is 4.06. The minimum absolute atomic E-state index is 0.188. The fourth-order valence-electron chi connectivity index (χ4n) is 3.35. The Morgan fingerprint density at radius 3 is 2.00 bits per heavy atom. The Balaban J connectivity index is 1.39. The second-order valence-corrected chi connectivity index (χ2v) is 9.14. The maximum atomic E-state index is 12.3. The lowest BCUT2D eigenvalue weighted by molar-refractivity contribution is -0.0962. The molecular formula is C22H26N2O5S. The van der Waals surface area contributed by atoms with E-state index in [1.807, 2.05) is 30.3 Å². The smallest absolute Gasteiger partial charge is 0.261 e. The van der Waals surface area contributed by atoms with Crippen LogP contribution in [0.4, 0.5) is 0 Å². The van der Waals surface area contributed by atoms with Crippen molar-refractivity contribution in [3.05, 3.63) is 71.3 Å². The van der Waals surface area contributed by atoms with Crippen molar-refractivity contribution in [3.8, 4) is 0 Å². The van der Waals surface area contributed by atoms with Gasteiger partial charge in [0.2, 0.25) is 10.0 Å². The van der Waals surface area contributed by atoms with Crippen LogP contribution in [0.3, 0.4) is 0 Å². The van der Waals surface area contributed by atoms with Gasteiger partial charge in [0.15, 0.2) is 0 Å². The summed E-state index contributed by atoms with van der Waals surface area (Å²) in [7, 11) is -3.47. The Labute approximate surface area is 177 Å². The molecule has 1 aliphatic rings. The Morgan fingerprint density at radius 1 is 0.833 bits per heavy atom. The fraction of sp³-hybridized carbons (Fsp3) is 0.364. The number of unbranched alkanes of at least 4 members (excludes halogenated alkanes) is 3. The minimum Gasteiger partial charge on any atom is -0.280 e. The molecule has 30 heavy (non-hydrogen) atoms. The predicted octanol–water partition coefficient (Wildman–Crippen LogP) is 3.24. The van der Waals surface area contributed by atoms with Crippen molar-refractivity contribution in [2.24, 2.45) is 0 Å². The standard InChI is InChI=1S/C22H26N2O5S/c1-30(27,28)24(29-17-18-11-5-4-6-12-18)16-10-3-2-9-15-23-21(25)19-13-7-8-14-20(19)22(23)26/h4-8,11-14H,2-3,9-10,15-17H2,1H3. The van der Waals surface area contributed by atoms with Gasteiger partial charge in [-0.15, -0.1) is 0 Å². The van der Waals surface area contributed by atoms with Gasteiger partial charge in [-0.1, -0.05) is 59.8 Å². The van der Waals surface area contributed by atoms with E-state index in [0.717, 1.165) is 29.1 Å². The second-order valence-electron chi connectivity index (χ2n) is 7.27. The van der Waals surface area contributed by atoms with Crippen LogP contribution in [0.25, 0.3) is 0 Å². The normalized spacial score (nSPS) is 13.9. The van der Waals surface area contributed by atoms with E-state index in [9.17, 15) is 18.0 Å². The van der Waals surface area contributed by atoms with Crippen LogP contribution in [0.1, 0.15) is 52.0 Å². The van der Waals surface area contributed by atoms with Gasteiger partial charge in [-0.25, -0.2) is 8.42 Å². The Morgan fingerprint density at radius 2 is 1.40 bits per heavy atom. The maximum Gasteiger partial charge on any atom is 0.261 e. The van der Waals surface area contributed by atoms with E-state index in [-0.39, 0.29) is 25.0 Å². The molecule has 0 aliphatic carbocycles. The second kappa shape index (κ2) is 9.97.